The number of ether oxygens (including phenoxy) is 1. The molecule has 0 spiro atoms. The molecule has 4 nitrogen and oxygen atoms in total. The van der Waals surface area contributed by atoms with Gasteiger partial charge < -0.3 is 10.1 Å². The van der Waals surface area contributed by atoms with Gasteiger partial charge in [0.1, 0.15) is 17.9 Å². The fourth-order valence-electron chi connectivity index (χ4n) is 1.80. The molecule has 2 aromatic rings. The molecule has 1 aromatic carbocycles. The lowest BCUT2D eigenvalue weighted by Crippen LogP contribution is -2.02. The van der Waals surface area contributed by atoms with E-state index in [4.69, 9.17) is 4.74 Å². The standard InChI is InChI=1S/C15H19N3O/c1-5-19-14-8-10(2)6-7-13(14)18-15-11(3)12(4)16-9-17-15/h6-9H,5H2,1-4H3,(H,16,17,18). The van der Waals surface area contributed by atoms with E-state index in [1.54, 1.807) is 6.33 Å². The summed E-state index contributed by atoms with van der Waals surface area (Å²) < 4.78 is 5.65. The first kappa shape index (κ1) is 13.3. The van der Waals surface area contributed by atoms with Crippen LogP contribution in [-0.2, 0) is 0 Å². The summed E-state index contributed by atoms with van der Waals surface area (Å²) in [6.07, 6.45) is 1.57. The molecule has 0 fully saturated rings. The van der Waals surface area contributed by atoms with Crippen molar-refractivity contribution in [2.24, 2.45) is 0 Å². The van der Waals surface area contributed by atoms with Crippen molar-refractivity contribution in [3.8, 4) is 5.75 Å². The van der Waals surface area contributed by atoms with E-state index in [0.717, 1.165) is 28.5 Å². The molecule has 0 aliphatic carbocycles. The van der Waals surface area contributed by atoms with Gasteiger partial charge in [-0.05, 0) is 45.4 Å². The van der Waals surface area contributed by atoms with E-state index in [2.05, 4.69) is 15.3 Å². The van der Waals surface area contributed by atoms with Crippen molar-refractivity contribution in [1.29, 1.82) is 0 Å². The Labute approximate surface area is 113 Å². The molecule has 0 atom stereocenters. The Hall–Kier alpha value is -2.10. The highest BCUT2D eigenvalue weighted by Gasteiger charge is 2.08. The van der Waals surface area contributed by atoms with Gasteiger partial charge in [-0.1, -0.05) is 6.07 Å². The van der Waals surface area contributed by atoms with E-state index in [1.165, 1.54) is 5.56 Å². The van der Waals surface area contributed by atoms with Crippen molar-refractivity contribution < 1.29 is 4.74 Å². The SMILES string of the molecule is CCOc1cc(C)ccc1Nc1ncnc(C)c1C. The molecule has 0 bridgehead atoms. The average Bonchev–Trinajstić information content (AvgIpc) is 2.38. The number of benzene rings is 1. The van der Waals surface area contributed by atoms with Crippen LogP contribution in [-0.4, -0.2) is 16.6 Å². The van der Waals surface area contributed by atoms with Crippen molar-refractivity contribution in [2.45, 2.75) is 27.7 Å². The first-order chi connectivity index (χ1) is 9.11. The Morgan fingerprint density at radius 3 is 2.68 bits per heavy atom. The molecule has 0 aliphatic heterocycles. The van der Waals surface area contributed by atoms with Crippen LogP contribution in [0, 0.1) is 20.8 Å². The molecule has 0 unspecified atom stereocenters. The molecule has 0 amide bonds. The highest BCUT2D eigenvalue weighted by atomic mass is 16.5. The van der Waals surface area contributed by atoms with Gasteiger partial charge >= 0.3 is 0 Å². The van der Waals surface area contributed by atoms with E-state index < -0.39 is 0 Å². The van der Waals surface area contributed by atoms with Gasteiger partial charge in [-0.3, -0.25) is 0 Å². The minimum absolute atomic E-state index is 0.639. The molecule has 1 heterocycles. The Morgan fingerprint density at radius 1 is 1.16 bits per heavy atom. The molecular weight excluding hydrogens is 238 g/mol. The third-order valence-corrected chi connectivity index (χ3v) is 3.03. The van der Waals surface area contributed by atoms with E-state index in [9.17, 15) is 0 Å². The van der Waals surface area contributed by atoms with Gasteiger partial charge in [0.2, 0.25) is 0 Å². The Kier molecular flexibility index (Phi) is 4.00. The Morgan fingerprint density at radius 2 is 1.95 bits per heavy atom. The number of hydrogen-bond acceptors (Lipinski definition) is 4. The van der Waals surface area contributed by atoms with Crippen LogP contribution in [0.3, 0.4) is 0 Å². The van der Waals surface area contributed by atoms with Crippen LogP contribution in [0.25, 0.3) is 0 Å². The summed E-state index contributed by atoms with van der Waals surface area (Å²) in [5.41, 5.74) is 4.12. The second-order valence-electron chi connectivity index (χ2n) is 4.49. The highest BCUT2D eigenvalue weighted by molar-refractivity contribution is 5.66. The molecule has 1 aromatic heterocycles. The molecule has 0 radical (unpaired) electrons. The predicted molar refractivity (Wildman–Crippen MR) is 77.1 cm³/mol. The van der Waals surface area contributed by atoms with Crippen molar-refractivity contribution in [3.05, 3.63) is 41.3 Å². The minimum Gasteiger partial charge on any atom is -0.492 e. The van der Waals surface area contributed by atoms with Crippen LogP contribution in [0.1, 0.15) is 23.7 Å². The van der Waals surface area contributed by atoms with Crippen molar-refractivity contribution >= 4 is 11.5 Å². The van der Waals surface area contributed by atoms with E-state index in [0.29, 0.717) is 6.61 Å². The third kappa shape index (κ3) is 3.02. The normalized spacial score (nSPS) is 10.3. The number of hydrogen-bond donors (Lipinski definition) is 1. The first-order valence-corrected chi connectivity index (χ1v) is 6.40. The minimum atomic E-state index is 0.639. The Bertz CT molecular complexity index is 582. The van der Waals surface area contributed by atoms with E-state index in [-0.39, 0.29) is 0 Å². The lowest BCUT2D eigenvalue weighted by atomic mass is 10.2. The van der Waals surface area contributed by atoms with E-state index in [1.807, 2.05) is 45.9 Å². The number of rotatable bonds is 4. The van der Waals surface area contributed by atoms with Crippen LogP contribution >= 0.6 is 0 Å². The second kappa shape index (κ2) is 5.69. The summed E-state index contributed by atoms with van der Waals surface area (Å²) in [7, 11) is 0. The number of nitrogens with zero attached hydrogens (tertiary/aromatic N) is 2. The summed E-state index contributed by atoms with van der Waals surface area (Å²) in [5, 5.41) is 3.32. The molecule has 19 heavy (non-hydrogen) atoms. The number of aryl methyl sites for hydroxylation is 2. The summed E-state index contributed by atoms with van der Waals surface area (Å²) in [5.74, 6) is 1.66. The van der Waals surface area contributed by atoms with Gasteiger partial charge in [0, 0.05) is 11.3 Å². The zero-order chi connectivity index (χ0) is 13.8. The zero-order valence-corrected chi connectivity index (χ0v) is 11.8. The van der Waals surface area contributed by atoms with Crippen LogP contribution in [0.5, 0.6) is 5.75 Å². The quantitative estimate of drug-likeness (QED) is 0.910. The largest absolute Gasteiger partial charge is 0.492 e. The van der Waals surface area contributed by atoms with E-state index >= 15 is 0 Å². The maximum Gasteiger partial charge on any atom is 0.143 e. The van der Waals surface area contributed by atoms with Crippen LogP contribution in [0.15, 0.2) is 24.5 Å². The van der Waals surface area contributed by atoms with Crippen LogP contribution < -0.4 is 10.1 Å². The molecule has 2 rings (SSSR count). The third-order valence-electron chi connectivity index (χ3n) is 3.03. The topological polar surface area (TPSA) is 47.0 Å². The fraction of sp³-hybridized carbons (Fsp3) is 0.333. The van der Waals surface area contributed by atoms with Crippen molar-refractivity contribution in [2.75, 3.05) is 11.9 Å². The van der Waals surface area contributed by atoms with Gasteiger partial charge in [0.15, 0.2) is 0 Å². The predicted octanol–water partition coefficient (Wildman–Crippen LogP) is 3.54. The van der Waals surface area contributed by atoms with Gasteiger partial charge in [-0.25, -0.2) is 9.97 Å². The Balaban J connectivity index is 2.35. The molecule has 1 N–H and O–H groups in total. The maximum atomic E-state index is 5.65. The number of anilines is 2. The lowest BCUT2D eigenvalue weighted by Gasteiger charge is -2.14. The van der Waals surface area contributed by atoms with Gasteiger partial charge in [-0.2, -0.15) is 0 Å². The highest BCUT2D eigenvalue weighted by Crippen LogP contribution is 2.29. The molecule has 0 aliphatic rings. The maximum absolute atomic E-state index is 5.65. The number of nitrogens with one attached hydrogen (secondary N) is 1. The van der Waals surface area contributed by atoms with Crippen LogP contribution in [0.4, 0.5) is 11.5 Å². The second-order valence-corrected chi connectivity index (χ2v) is 4.49. The molecule has 100 valence electrons. The van der Waals surface area contributed by atoms with Gasteiger partial charge in [0.05, 0.1) is 12.3 Å². The molecule has 0 saturated heterocycles. The smallest absolute Gasteiger partial charge is 0.143 e. The van der Waals surface area contributed by atoms with Crippen molar-refractivity contribution in [3.63, 3.8) is 0 Å². The first-order valence-electron chi connectivity index (χ1n) is 6.40. The van der Waals surface area contributed by atoms with Crippen molar-refractivity contribution in [1.82, 2.24) is 9.97 Å². The zero-order valence-electron chi connectivity index (χ0n) is 11.8. The molecule has 0 saturated carbocycles. The average molecular weight is 257 g/mol. The van der Waals surface area contributed by atoms with Gasteiger partial charge in [0.25, 0.3) is 0 Å². The summed E-state index contributed by atoms with van der Waals surface area (Å²) in [6.45, 7) is 8.64. The summed E-state index contributed by atoms with van der Waals surface area (Å²) >= 11 is 0. The summed E-state index contributed by atoms with van der Waals surface area (Å²) in [6, 6.07) is 6.08. The number of aromatic nitrogens is 2. The molecular formula is C15H19N3O. The molecule has 4 heteroatoms. The summed E-state index contributed by atoms with van der Waals surface area (Å²) in [4.78, 5) is 8.45. The monoisotopic (exact) mass is 257 g/mol. The van der Waals surface area contributed by atoms with Gasteiger partial charge in [-0.15, -0.1) is 0 Å². The fourth-order valence-corrected chi connectivity index (χ4v) is 1.80. The lowest BCUT2D eigenvalue weighted by molar-refractivity contribution is 0.341. The van der Waals surface area contributed by atoms with Crippen LogP contribution in [0.2, 0.25) is 0 Å².